The van der Waals surface area contributed by atoms with Crippen molar-refractivity contribution >= 4 is 38.8 Å². The van der Waals surface area contributed by atoms with Crippen LogP contribution in [0.5, 0.6) is 0 Å². The molecule has 10 heteroatoms. The molecule has 9 nitrogen and oxygen atoms in total. The molecule has 0 spiro atoms. The number of carbonyl (C=O) groups is 1. The zero-order valence-corrected chi connectivity index (χ0v) is 15.0. The van der Waals surface area contributed by atoms with Gasteiger partial charge in [-0.2, -0.15) is 4.99 Å². The number of rotatable bonds is 5. The molecule has 3 aromatic rings. The van der Waals surface area contributed by atoms with Crippen molar-refractivity contribution in [3.8, 4) is 0 Å². The number of aromatic nitrogens is 1. The van der Waals surface area contributed by atoms with Crippen molar-refractivity contribution in [2.45, 2.75) is 19.9 Å². The second-order valence-corrected chi connectivity index (χ2v) is 6.68. The first kappa shape index (κ1) is 18.4. The number of nitro benzene ring substituents is 2. The monoisotopic (exact) mass is 386 g/mol. The highest BCUT2D eigenvalue weighted by Crippen LogP contribution is 2.23. The van der Waals surface area contributed by atoms with Gasteiger partial charge in [-0.15, -0.1) is 0 Å². The average Bonchev–Trinajstić information content (AvgIpc) is 2.99. The number of aryl methyl sites for hydroxylation is 1. The SMILES string of the molecule is CCCn1c(=NC(=O)c2cc([N+](=O)[O-])cc([N+](=O)[O-])c2)sc2ccccc21. The van der Waals surface area contributed by atoms with E-state index in [4.69, 9.17) is 0 Å². The molecule has 27 heavy (non-hydrogen) atoms. The highest BCUT2D eigenvalue weighted by Gasteiger charge is 2.20. The third-order valence-electron chi connectivity index (χ3n) is 3.80. The summed E-state index contributed by atoms with van der Waals surface area (Å²) in [6.07, 6.45) is 0.824. The summed E-state index contributed by atoms with van der Waals surface area (Å²) in [5.74, 6) is -0.766. The van der Waals surface area contributed by atoms with E-state index in [2.05, 4.69) is 4.99 Å². The fraction of sp³-hybridized carbons (Fsp3) is 0.176. The summed E-state index contributed by atoms with van der Waals surface area (Å²) in [7, 11) is 0. The van der Waals surface area contributed by atoms with Crippen LogP contribution in [0.25, 0.3) is 10.2 Å². The molecule has 0 unspecified atom stereocenters. The van der Waals surface area contributed by atoms with Crippen molar-refractivity contribution in [2.75, 3.05) is 0 Å². The second kappa shape index (κ2) is 7.46. The summed E-state index contributed by atoms with van der Waals surface area (Å²) in [5.41, 5.74) is -0.321. The van der Waals surface area contributed by atoms with Gasteiger partial charge in [0.05, 0.1) is 31.7 Å². The number of amides is 1. The Morgan fingerprint density at radius 2 is 1.74 bits per heavy atom. The first-order chi connectivity index (χ1) is 12.9. The van der Waals surface area contributed by atoms with Crippen LogP contribution in [0.15, 0.2) is 47.5 Å². The Morgan fingerprint density at radius 1 is 1.11 bits per heavy atom. The summed E-state index contributed by atoms with van der Waals surface area (Å²) in [4.78, 5) is 37.6. The predicted molar refractivity (Wildman–Crippen MR) is 99.8 cm³/mol. The molecule has 138 valence electrons. The lowest BCUT2D eigenvalue weighted by atomic mass is 10.1. The number of benzene rings is 2. The first-order valence-corrected chi connectivity index (χ1v) is 8.83. The van der Waals surface area contributed by atoms with Crippen LogP contribution < -0.4 is 4.80 Å². The number of hydrogen-bond acceptors (Lipinski definition) is 6. The van der Waals surface area contributed by atoms with Gasteiger partial charge in [0.15, 0.2) is 4.80 Å². The Balaban J connectivity index is 2.14. The van der Waals surface area contributed by atoms with Crippen molar-refractivity contribution in [1.82, 2.24) is 4.57 Å². The summed E-state index contributed by atoms with van der Waals surface area (Å²) in [6.45, 7) is 2.64. The van der Waals surface area contributed by atoms with E-state index >= 15 is 0 Å². The van der Waals surface area contributed by atoms with Gasteiger partial charge in [-0.25, -0.2) is 0 Å². The molecule has 3 rings (SSSR count). The number of carbonyl (C=O) groups excluding carboxylic acids is 1. The fourth-order valence-electron chi connectivity index (χ4n) is 2.63. The molecule has 1 aromatic heterocycles. The Labute approximate surface area is 156 Å². The van der Waals surface area contributed by atoms with Crippen LogP contribution in [0, 0.1) is 20.2 Å². The maximum atomic E-state index is 12.6. The molecule has 0 aliphatic heterocycles. The minimum atomic E-state index is -0.777. The topological polar surface area (TPSA) is 121 Å². The van der Waals surface area contributed by atoms with Crippen LogP contribution in [-0.4, -0.2) is 20.3 Å². The van der Waals surface area contributed by atoms with Gasteiger partial charge < -0.3 is 4.57 Å². The molecule has 0 aliphatic carbocycles. The normalized spacial score (nSPS) is 11.7. The standard InChI is InChI=1S/C17H14N4O5S/c1-2-7-19-14-5-3-4-6-15(14)27-17(19)18-16(22)11-8-12(20(23)24)10-13(9-11)21(25)26/h3-6,8-10H,2,7H2,1H3. The number of thiazole rings is 1. The minimum absolute atomic E-state index is 0.198. The Bertz CT molecular complexity index is 1100. The van der Waals surface area contributed by atoms with Crippen LogP contribution >= 0.6 is 11.3 Å². The fourth-order valence-corrected chi connectivity index (χ4v) is 3.68. The van der Waals surface area contributed by atoms with E-state index in [0.29, 0.717) is 11.3 Å². The number of hydrogen-bond donors (Lipinski definition) is 0. The Morgan fingerprint density at radius 3 is 2.33 bits per heavy atom. The van der Waals surface area contributed by atoms with E-state index in [9.17, 15) is 25.0 Å². The van der Waals surface area contributed by atoms with Gasteiger partial charge in [-0.1, -0.05) is 30.4 Å². The number of non-ortho nitro benzene ring substituents is 2. The highest BCUT2D eigenvalue weighted by atomic mass is 32.1. The van der Waals surface area contributed by atoms with Gasteiger partial charge >= 0.3 is 0 Å². The molecule has 2 aromatic carbocycles. The molecule has 0 saturated carbocycles. The molecular weight excluding hydrogens is 372 g/mol. The van der Waals surface area contributed by atoms with Crippen LogP contribution in [0.3, 0.4) is 0 Å². The van der Waals surface area contributed by atoms with Crippen LogP contribution in [0.1, 0.15) is 23.7 Å². The van der Waals surface area contributed by atoms with Crippen LogP contribution in [0.2, 0.25) is 0 Å². The predicted octanol–water partition coefficient (Wildman–Crippen LogP) is 3.67. The van der Waals surface area contributed by atoms with Gasteiger partial charge in [0.2, 0.25) is 0 Å². The quantitative estimate of drug-likeness (QED) is 0.489. The van der Waals surface area contributed by atoms with E-state index < -0.39 is 27.1 Å². The molecule has 1 amide bonds. The number of nitrogens with zero attached hydrogens (tertiary/aromatic N) is 4. The lowest BCUT2D eigenvalue weighted by Gasteiger charge is -2.02. The van der Waals surface area contributed by atoms with E-state index in [-0.39, 0.29) is 5.56 Å². The van der Waals surface area contributed by atoms with Gasteiger partial charge in [-0.3, -0.25) is 25.0 Å². The second-order valence-electron chi connectivity index (χ2n) is 5.67. The zero-order valence-electron chi connectivity index (χ0n) is 14.2. The summed E-state index contributed by atoms with van der Waals surface area (Å²) < 4.78 is 2.84. The summed E-state index contributed by atoms with van der Waals surface area (Å²) in [5, 5.41) is 22.0. The van der Waals surface area contributed by atoms with Gasteiger partial charge in [-0.05, 0) is 18.6 Å². The van der Waals surface area contributed by atoms with Crippen molar-refractivity contribution < 1.29 is 14.6 Å². The van der Waals surface area contributed by atoms with Crippen molar-refractivity contribution in [3.05, 3.63) is 73.1 Å². The molecule has 0 bridgehead atoms. The molecule has 0 aliphatic rings. The number of para-hydroxylation sites is 1. The Kier molecular flexibility index (Phi) is 5.08. The maximum absolute atomic E-state index is 12.6. The van der Waals surface area contributed by atoms with Gasteiger partial charge in [0.1, 0.15) is 0 Å². The third kappa shape index (κ3) is 3.75. The summed E-state index contributed by atoms with van der Waals surface area (Å²) in [6, 6.07) is 10.4. The first-order valence-electron chi connectivity index (χ1n) is 8.02. The summed E-state index contributed by atoms with van der Waals surface area (Å²) >= 11 is 1.32. The largest absolute Gasteiger partial charge is 0.316 e. The highest BCUT2D eigenvalue weighted by molar-refractivity contribution is 7.16. The molecular formula is C17H14N4O5S. The number of fused-ring (bicyclic) bond motifs is 1. The third-order valence-corrected chi connectivity index (χ3v) is 4.86. The van der Waals surface area contributed by atoms with Crippen LogP contribution in [-0.2, 0) is 6.54 Å². The van der Waals surface area contributed by atoms with Gasteiger partial charge in [0, 0.05) is 18.7 Å². The molecule has 1 heterocycles. The average molecular weight is 386 g/mol. The molecule has 0 atom stereocenters. The van der Waals surface area contributed by atoms with Crippen molar-refractivity contribution in [2.24, 2.45) is 4.99 Å². The van der Waals surface area contributed by atoms with Crippen molar-refractivity contribution in [1.29, 1.82) is 0 Å². The molecule has 0 N–H and O–H groups in total. The lowest BCUT2D eigenvalue weighted by molar-refractivity contribution is -0.394. The zero-order chi connectivity index (χ0) is 19.6. The minimum Gasteiger partial charge on any atom is -0.316 e. The molecule has 0 radical (unpaired) electrons. The maximum Gasteiger partial charge on any atom is 0.280 e. The lowest BCUT2D eigenvalue weighted by Crippen LogP contribution is -2.17. The van der Waals surface area contributed by atoms with E-state index in [1.54, 1.807) is 0 Å². The Hall–Kier alpha value is -3.40. The van der Waals surface area contributed by atoms with Crippen LogP contribution in [0.4, 0.5) is 11.4 Å². The number of nitro groups is 2. The van der Waals surface area contributed by atoms with Gasteiger partial charge in [0.25, 0.3) is 17.3 Å². The smallest absolute Gasteiger partial charge is 0.280 e. The molecule has 0 saturated heterocycles. The van der Waals surface area contributed by atoms with Crippen molar-refractivity contribution in [3.63, 3.8) is 0 Å². The molecule has 0 fully saturated rings. The van der Waals surface area contributed by atoms with E-state index in [1.807, 2.05) is 35.8 Å². The van der Waals surface area contributed by atoms with E-state index in [1.165, 1.54) is 11.3 Å². The van der Waals surface area contributed by atoms with E-state index in [0.717, 1.165) is 34.8 Å².